The van der Waals surface area contributed by atoms with E-state index in [9.17, 15) is 24.3 Å². The van der Waals surface area contributed by atoms with E-state index in [0.717, 1.165) is 5.56 Å². The number of aliphatic hydroxyl groups is 1. The summed E-state index contributed by atoms with van der Waals surface area (Å²) in [6.45, 7) is 4.32. The number of nitrogens with one attached hydrogen (secondary N) is 4. The van der Waals surface area contributed by atoms with Gasteiger partial charge in [-0.05, 0) is 72.3 Å². The summed E-state index contributed by atoms with van der Waals surface area (Å²) in [7, 11) is 0. The molecular formula is C29H39N5O6S. The zero-order chi connectivity index (χ0) is 29.7. The van der Waals surface area contributed by atoms with Gasteiger partial charge in [-0.25, -0.2) is 0 Å². The first-order valence-electron chi connectivity index (χ1n) is 13.6. The molecule has 222 valence electrons. The van der Waals surface area contributed by atoms with Crippen LogP contribution in [0.15, 0.2) is 53.7 Å². The average Bonchev–Trinajstić information content (AvgIpc) is 3.48. The molecule has 0 bridgehead atoms. The van der Waals surface area contributed by atoms with E-state index in [2.05, 4.69) is 27.8 Å². The van der Waals surface area contributed by atoms with Crippen molar-refractivity contribution < 1.29 is 29.0 Å². The number of amides is 3. The highest BCUT2D eigenvalue weighted by Gasteiger charge is 2.52. The Kier molecular flexibility index (Phi) is 12.5. The van der Waals surface area contributed by atoms with E-state index in [4.69, 9.17) is 10.5 Å². The van der Waals surface area contributed by atoms with Crippen molar-refractivity contribution in [1.29, 1.82) is 0 Å². The highest BCUT2D eigenvalue weighted by molar-refractivity contribution is 7.08. The van der Waals surface area contributed by atoms with Gasteiger partial charge in [0, 0.05) is 12.4 Å². The third-order valence-electron chi connectivity index (χ3n) is 7.08. The topological polar surface area (TPSA) is 172 Å². The van der Waals surface area contributed by atoms with Crippen molar-refractivity contribution in [3.8, 4) is 0 Å². The van der Waals surface area contributed by atoms with Crippen LogP contribution < -0.4 is 27.0 Å². The van der Waals surface area contributed by atoms with Crippen LogP contribution in [-0.4, -0.2) is 54.7 Å². The first-order valence-corrected chi connectivity index (χ1v) is 14.6. The molecule has 1 saturated carbocycles. The smallest absolute Gasteiger partial charge is 0.308 e. The molecule has 3 amide bonds. The number of hydrogen-bond acceptors (Lipinski definition) is 9. The maximum atomic E-state index is 13.6. The second-order valence-electron chi connectivity index (χ2n) is 9.91. The van der Waals surface area contributed by atoms with Crippen LogP contribution in [0.5, 0.6) is 0 Å². The second kappa shape index (κ2) is 16.0. The van der Waals surface area contributed by atoms with Crippen molar-refractivity contribution in [3.05, 3.63) is 64.9 Å². The summed E-state index contributed by atoms with van der Waals surface area (Å²) in [5.74, 6) is -1.93. The highest BCUT2D eigenvalue weighted by Crippen LogP contribution is 2.42. The molecule has 0 radical (unpaired) electrons. The van der Waals surface area contributed by atoms with Gasteiger partial charge in [0.25, 0.3) is 0 Å². The van der Waals surface area contributed by atoms with Crippen LogP contribution in [-0.2, 0) is 30.5 Å². The monoisotopic (exact) mass is 585 g/mol. The molecule has 12 heteroatoms. The Labute approximate surface area is 243 Å². The number of thiophene rings is 1. The summed E-state index contributed by atoms with van der Waals surface area (Å²) < 4.78 is 5.12. The molecule has 1 aromatic heterocycles. The van der Waals surface area contributed by atoms with Crippen molar-refractivity contribution in [2.75, 3.05) is 25.1 Å². The zero-order valence-electron chi connectivity index (χ0n) is 23.0. The lowest BCUT2D eigenvalue weighted by molar-refractivity contribution is -0.151. The maximum absolute atomic E-state index is 13.6. The van der Waals surface area contributed by atoms with Crippen LogP contribution >= 0.6 is 11.3 Å². The number of esters is 1. The van der Waals surface area contributed by atoms with Gasteiger partial charge >= 0.3 is 5.97 Å². The molecule has 2 atom stereocenters. The quantitative estimate of drug-likeness (QED) is 0.0539. The molecule has 1 fully saturated rings. The molecule has 2 aromatic rings. The fourth-order valence-electron chi connectivity index (χ4n) is 4.51. The van der Waals surface area contributed by atoms with E-state index >= 15 is 0 Å². The fraction of sp³-hybridized carbons (Fsp3) is 0.448. The highest BCUT2D eigenvalue weighted by atomic mass is 32.1. The third kappa shape index (κ3) is 8.95. The zero-order valence-corrected chi connectivity index (χ0v) is 23.8. The number of nitrogens with two attached hydrogens (primary N) is 1. The average molecular weight is 586 g/mol. The molecule has 41 heavy (non-hydrogen) atoms. The first kappa shape index (κ1) is 31.9. The lowest BCUT2D eigenvalue weighted by Gasteiger charge is -2.40. The van der Waals surface area contributed by atoms with Gasteiger partial charge in [-0.3, -0.25) is 19.2 Å². The van der Waals surface area contributed by atoms with Gasteiger partial charge in [-0.1, -0.05) is 31.2 Å². The standard InChI is InChI=1S/C29H39N5O6S/c1-2-14-40-25(36)16-24(21-10-15-41-18-21)34-28(39)29(11-4-12-29)27(38)33-23(5-3-13-31-19-30)26(37)32-22-8-6-20(17-35)7-9-22/h2,6-10,15,18,23-24,31,35H,1,3-5,11-14,16-17,19,30H2,(H,32,37)(H,33,38)(H,34,39). The van der Waals surface area contributed by atoms with E-state index in [1.54, 1.807) is 24.3 Å². The van der Waals surface area contributed by atoms with Gasteiger partial charge in [-0.2, -0.15) is 11.3 Å². The maximum Gasteiger partial charge on any atom is 0.308 e. The molecule has 0 aliphatic heterocycles. The van der Waals surface area contributed by atoms with Gasteiger partial charge in [0.15, 0.2) is 0 Å². The number of ether oxygens (including phenoxy) is 1. The Hall–Kier alpha value is -3.58. The Balaban J connectivity index is 1.73. The van der Waals surface area contributed by atoms with Crippen LogP contribution in [0.2, 0.25) is 0 Å². The molecule has 3 rings (SSSR count). The van der Waals surface area contributed by atoms with Crippen LogP contribution in [0.1, 0.15) is 55.7 Å². The summed E-state index contributed by atoms with van der Waals surface area (Å²) in [5.41, 5.74) is 6.11. The van der Waals surface area contributed by atoms with E-state index in [1.165, 1.54) is 17.4 Å². The van der Waals surface area contributed by atoms with Gasteiger partial charge in [0.2, 0.25) is 17.7 Å². The molecule has 0 spiro atoms. The summed E-state index contributed by atoms with van der Waals surface area (Å²) >= 11 is 1.43. The molecule has 2 unspecified atom stereocenters. The molecule has 1 aliphatic rings. The van der Waals surface area contributed by atoms with Gasteiger partial charge in [0.05, 0.1) is 19.1 Å². The van der Waals surface area contributed by atoms with Crippen molar-refractivity contribution in [2.45, 2.75) is 57.2 Å². The Morgan fingerprint density at radius 1 is 1.12 bits per heavy atom. The number of aliphatic hydroxyl groups excluding tert-OH is 1. The lowest BCUT2D eigenvalue weighted by atomic mass is 9.67. The van der Waals surface area contributed by atoms with Crippen LogP contribution in [0.4, 0.5) is 5.69 Å². The van der Waals surface area contributed by atoms with Gasteiger partial charge in [-0.15, -0.1) is 0 Å². The fourth-order valence-corrected chi connectivity index (χ4v) is 5.22. The van der Waals surface area contributed by atoms with E-state index in [0.29, 0.717) is 49.9 Å². The van der Waals surface area contributed by atoms with Crippen LogP contribution in [0.25, 0.3) is 0 Å². The molecule has 0 saturated heterocycles. The van der Waals surface area contributed by atoms with Gasteiger partial charge < -0.3 is 36.8 Å². The van der Waals surface area contributed by atoms with E-state index in [-0.39, 0.29) is 26.3 Å². The van der Waals surface area contributed by atoms with Crippen molar-refractivity contribution >= 4 is 40.7 Å². The van der Waals surface area contributed by atoms with Crippen molar-refractivity contribution in [3.63, 3.8) is 0 Å². The van der Waals surface area contributed by atoms with Crippen LogP contribution in [0, 0.1) is 5.41 Å². The molecule has 11 nitrogen and oxygen atoms in total. The minimum absolute atomic E-state index is 0.0608. The predicted molar refractivity (Wildman–Crippen MR) is 156 cm³/mol. The summed E-state index contributed by atoms with van der Waals surface area (Å²) in [5, 5.41) is 24.5. The molecule has 1 heterocycles. The van der Waals surface area contributed by atoms with Crippen molar-refractivity contribution in [1.82, 2.24) is 16.0 Å². The first-order chi connectivity index (χ1) is 19.8. The van der Waals surface area contributed by atoms with Crippen molar-refractivity contribution in [2.24, 2.45) is 11.1 Å². The molecule has 7 N–H and O–H groups in total. The Morgan fingerprint density at radius 2 is 1.85 bits per heavy atom. The number of carbonyl (C=O) groups is 4. The molecule has 1 aromatic carbocycles. The third-order valence-corrected chi connectivity index (χ3v) is 7.78. The summed E-state index contributed by atoms with van der Waals surface area (Å²) in [6, 6.07) is 6.98. The minimum atomic E-state index is -1.35. The van der Waals surface area contributed by atoms with Gasteiger partial charge in [0.1, 0.15) is 18.1 Å². The lowest BCUT2D eigenvalue weighted by Crippen LogP contribution is -2.59. The normalized spacial score (nSPS) is 15.1. The molecular weight excluding hydrogens is 546 g/mol. The number of carbonyl (C=O) groups excluding carboxylic acids is 4. The second-order valence-corrected chi connectivity index (χ2v) is 10.7. The Bertz CT molecular complexity index is 1170. The number of anilines is 1. The predicted octanol–water partition coefficient (Wildman–Crippen LogP) is 2.10. The van der Waals surface area contributed by atoms with E-state index in [1.807, 2.05) is 16.8 Å². The summed E-state index contributed by atoms with van der Waals surface area (Å²) in [4.78, 5) is 52.8. The number of benzene rings is 1. The molecule has 1 aliphatic carbocycles. The number of rotatable bonds is 17. The number of hydrogen-bond donors (Lipinski definition) is 6. The SMILES string of the molecule is C=CCOC(=O)CC(NC(=O)C1(C(=O)NC(CCCNCN)C(=O)Nc2ccc(CO)cc2)CCC1)c1ccsc1. The minimum Gasteiger partial charge on any atom is -0.461 e. The largest absolute Gasteiger partial charge is 0.461 e. The summed E-state index contributed by atoms with van der Waals surface area (Å²) in [6.07, 6.45) is 3.59. The Morgan fingerprint density at radius 3 is 2.44 bits per heavy atom. The van der Waals surface area contributed by atoms with E-state index < -0.39 is 41.2 Å². The van der Waals surface area contributed by atoms with Crippen LogP contribution in [0.3, 0.4) is 0 Å².